The molecule has 0 radical (unpaired) electrons. The number of ether oxygens (including phenoxy) is 1. The molecule has 1 saturated carbocycles. The van der Waals surface area contributed by atoms with E-state index in [-0.39, 0.29) is 11.5 Å². The van der Waals surface area contributed by atoms with Crippen molar-refractivity contribution in [2.75, 3.05) is 12.4 Å². The molecule has 1 fully saturated rings. The van der Waals surface area contributed by atoms with Crippen LogP contribution in [0, 0.1) is 0 Å². The van der Waals surface area contributed by atoms with E-state index >= 15 is 0 Å². The summed E-state index contributed by atoms with van der Waals surface area (Å²) in [6.07, 6.45) is 1.84. The van der Waals surface area contributed by atoms with Gasteiger partial charge in [-0.15, -0.1) is 0 Å². The largest absolute Gasteiger partial charge is 0.453 e. The number of carbonyl (C=O) groups is 1. The van der Waals surface area contributed by atoms with Crippen LogP contribution in [0.25, 0.3) is 0 Å². The highest BCUT2D eigenvalue weighted by Crippen LogP contribution is 2.50. The lowest BCUT2D eigenvalue weighted by atomic mass is 9.89. The number of nitrogens with two attached hydrogens (primary N) is 1. The number of methoxy groups -OCH3 is 1. The van der Waals surface area contributed by atoms with Crippen LogP contribution in [0.3, 0.4) is 0 Å². The van der Waals surface area contributed by atoms with Gasteiger partial charge in [-0.25, -0.2) is 4.79 Å². The van der Waals surface area contributed by atoms with Crippen LogP contribution < -0.4 is 11.1 Å². The zero-order valence-corrected chi connectivity index (χ0v) is 10.2. The van der Waals surface area contributed by atoms with Gasteiger partial charge in [-0.2, -0.15) is 0 Å². The van der Waals surface area contributed by atoms with Crippen LogP contribution in [0.15, 0.2) is 24.3 Å². The molecule has 1 aromatic carbocycles. The summed E-state index contributed by atoms with van der Waals surface area (Å²) in [6, 6.07) is 7.99. The number of nitrogens with one attached hydrogen (secondary N) is 1. The van der Waals surface area contributed by atoms with E-state index in [0.29, 0.717) is 0 Å². The van der Waals surface area contributed by atoms with Gasteiger partial charge in [-0.1, -0.05) is 12.1 Å². The van der Waals surface area contributed by atoms with E-state index in [4.69, 9.17) is 5.73 Å². The SMILES string of the molecule is COC(=O)Nc1ccc(C2(C(C)N)CC2)cc1. The van der Waals surface area contributed by atoms with E-state index in [9.17, 15) is 4.79 Å². The molecule has 1 aliphatic rings. The normalized spacial score (nSPS) is 18.3. The minimum absolute atomic E-state index is 0.157. The number of amides is 1. The van der Waals surface area contributed by atoms with Gasteiger partial charge in [-0.3, -0.25) is 5.32 Å². The summed E-state index contributed by atoms with van der Waals surface area (Å²) < 4.78 is 4.53. The highest BCUT2D eigenvalue weighted by Gasteiger charge is 2.47. The average molecular weight is 234 g/mol. The third kappa shape index (κ3) is 2.26. The second-order valence-corrected chi connectivity index (χ2v) is 4.64. The van der Waals surface area contributed by atoms with Crippen molar-refractivity contribution < 1.29 is 9.53 Å². The Balaban J connectivity index is 2.11. The molecule has 0 bridgehead atoms. The third-order valence-electron chi connectivity index (χ3n) is 3.55. The fourth-order valence-corrected chi connectivity index (χ4v) is 2.20. The van der Waals surface area contributed by atoms with Crippen LogP contribution in [0.5, 0.6) is 0 Å². The molecule has 3 N–H and O–H groups in total. The number of hydrogen-bond donors (Lipinski definition) is 2. The maximum Gasteiger partial charge on any atom is 0.411 e. The Morgan fingerprint density at radius 3 is 2.41 bits per heavy atom. The van der Waals surface area contributed by atoms with E-state index < -0.39 is 6.09 Å². The second kappa shape index (κ2) is 4.37. The molecule has 17 heavy (non-hydrogen) atoms. The molecule has 1 atom stereocenters. The first-order chi connectivity index (χ1) is 8.08. The van der Waals surface area contributed by atoms with Gasteiger partial charge in [0.05, 0.1) is 7.11 Å². The topological polar surface area (TPSA) is 64.3 Å². The zero-order valence-electron chi connectivity index (χ0n) is 10.2. The number of carbonyl (C=O) groups excluding carboxylic acids is 1. The van der Waals surface area contributed by atoms with Gasteiger partial charge in [-0.05, 0) is 37.5 Å². The lowest BCUT2D eigenvalue weighted by molar-refractivity contribution is 0.187. The smallest absolute Gasteiger partial charge is 0.411 e. The van der Waals surface area contributed by atoms with E-state index in [1.165, 1.54) is 12.7 Å². The Labute approximate surface area is 101 Å². The van der Waals surface area contributed by atoms with Crippen molar-refractivity contribution in [3.63, 3.8) is 0 Å². The minimum Gasteiger partial charge on any atom is -0.453 e. The van der Waals surface area contributed by atoms with Gasteiger partial charge in [0, 0.05) is 17.1 Å². The molecule has 92 valence electrons. The van der Waals surface area contributed by atoms with Gasteiger partial charge >= 0.3 is 6.09 Å². The quantitative estimate of drug-likeness (QED) is 0.843. The molecular weight excluding hydrogens is 216 g/mol. The lowest BCUT2D eigenvalue weighted by Gasteiger charge is -2.20. The van der Waals surface area contributed by atoms with Gasteiger partial charge in [0.2, 0.25) is 0 Å². The maximum absolute atomic E-state index is 11.0. The summed E-state index contributed by atoms with van der Waals surface area (Å²) in [5.74, 6) is 0. The summed E-state index contributed by atoms with van der Waals surface area (Å²) >= 11 is 0. The van der Waals surface area contributed by atoms with Gasteiger partial charge < -0.3 is 10.5 Å². The van der Waals surface area contributed by atoms with Crippen molar-refractivity contribution in [1.82, 2.24) is 0 Å². The van der Waals surface area contributed by atoms with Crippen LogP contribution in [0.1, 0.15) is 25.3 Å². The molecule has 1 unspecified atom stereocenters. The number of hydrogen-bond acceptors (Lipinski definition) is 3. The Morgan fingerprint density at radius 2 is 2.00 bits per heavy atom. The Bertz CT molecular complexity index is 408. The fraction of sp³-hybridized carbons (Fsp3) is 0.462. The van der Waals surface area contributed by atoms with Crippen molar-refractivity contribution in [3.05, 3.63) is 29.8 Å². The first-order valence-corrected chi connectivity index (χ1v) is 5.79. The summed E-state index contributed by atoms with van der Waals surface area (Å²) in [5, 5.41) is 2.63. The molecule has 1 aromatic rings. The first-order valence-electron chi connectivity index (χ1n) is 5.79. The lowest BCUT2D eigenvalue weighted by Crippen LogP contribution is -2.31. The molecule has 4 nitrogen and oxygen atoms in total. The number of benzene rings is 1. The maximum atomic E-state index is 11.0. The molecule has 0 heterocycles. The Morgan fingerprint density at radius 1 is 1.41 bits per heavy atom. The standard InChI is InChI=1S/C13H18N2O2/c1-9(14)13(7-8-13)10-3-5-11(6-4-10)15-12(16)17-2/h3-6,9H,7-8,14H2,1-2H3,(H,15,16). The Kier molecular flexibility index (Phi) is 3.07. The molecule has 1 amide bonds. The molecule has 4 heteroatoms. The molecule has 2 rings (SSSR count). The molecule has 0 aromatic heterocycles. The predicted octanol–water partition coefficient (Wildman–Crippen LogP) is 2.24. The van der Waals surface area contributed by atoms with Crippen molar-refractivity contribution in [2.45, 2.75) is 31.2 Å². The van der Waals surface area contributed by atoms with Crippen LogP contribution in [0.2, 0.25) is 0 Å². The molecule has 0 saturated heterocycles. The summed E-state index contributed by atoms with van der Waals surface area (Å²) in [4.78, 5) is 11.0. The number of rotatable bonds is 3. The first kappa shape index (κ1) is 11.9. The molecule has 0 spiro atoms. The highest BCUT2D eigenvalue weighted by molar-refractivity contribution is 5.84. The summed E-state index contributed by atoms with van der Waals surface area (Å²) in [5.41, 5.74) is 8.16. The average Bonchev–Trinajstić information content (AvgIpc) is 3.11. The van der Waals surface area contributed by atoms with E-state index in [1.807, 2.05) is 31.2 Å². The number of anilines is 1. The van der Waals surface area contributed by atoms with Crippen LogP contribution in [0.4, 0.5) is 10.5 Å². The van der Waals surface area contributed by atoms with E-state index in [0.717, 1.165) is 18.5 Å². The monoisotopic (exact) mass is 234 g/mol. The van der Waals surface area contributed by atoms with Crippen LogP contribution >= 0.6 is 0 Å². The zero-order chi connectivity index (χ0) is 12.5. The van der Waals surface area contributed by atoms with Crippen LogP contribution in [-0.2, 0) is 10.2 Å². The van der Waals surface area contributed by atoms with Gasteiger partial charge in [0.15, 0.2) is 0 Å². The van der Waals surface area contributed by atoms with Crippen molar-refractivity contribution >= 4 is 11.8 Å². The van der Waals surface area contributed by atoms with Crippen molar-refractivity contribution in [3.8, 4) is 0 Å². The van der Waals surface area contributed by atoms with E-state index in [1.54, 1.807) is 0 Å². The summed E-state index contributed by atoms with van der Waals surface area (Å²) in [7, 11) is 1.35. The molecular formula is C13H18N2O2. The van der Waals surface area contributed by atoms with Gasteiger partial charge in [0.25, 0.3) is 0 Å². The molecule has 0 aliphatic heterocycles. The third-order valence-corrected chi connectivity index (χ3v) is 3.55. The highest BCUT2D eigenvalue weighted by atomic mass is 16.5. The second-order valence-electron chi connectivity index (χ2n) is 4.64. The predicted molar refractivity (Wildman–Crippen MR) is 67.0 cm³/mol. The summed E-state index contributed by atoms with van der Waals surface area (Å²) in [6.45, 7) is 2.05. The van der Waals surface area contributed by atoms with E-state index in [2.05, 4.69) is 10.1 Å². The van der Waals surface area contributed by atoms with Crippen molar-refractivity contribution in [1.29, 1.82) is 0 Å². The molecule has 1 aliphatic carbocycles. The van der Waals surface area contributed by atoms with Gasteiger partial charge in [0.1, 0.15) is 0 Å². The fourth-order valence-electron chi connectivity index (χ4n) is 2.20. The van der Waals surface area contributed by atoms with Crippen molar-refractivity contribution in [2.24, 2.45) is 5.73 Å². The minimum atomic E-state index is -0.453. The van der Waals surface area contributed by atoms with Crippen LogP contribution in [-0.4, -0.2) is 19.2 Å². The Hall–Kier alpha value is -1.55.